The first-order valence-electron chi connectivity index (χ1n) is 8.57. The summed E-state index contributed by atoms with van der Waals surface area (Å²) in [5.41, 5.74) is 0. The van der Waals surface area contributed by atoms with Crippen LogP contribution in [-0.4, -0.2) is 71.0 Å². The Balaban J connectivity index is 1.40. The van der Waals surface area contributed by atoms with Gasteiger partial charge in [-0.3, -0.25) is 9.59 Å². The van der Waals surface area contributed by atoms with Crippen molar-refractivity contribution in [2.45, 2.75) is 0 Å². The van der Waals surface area contributed by atoms with Gasteiger partial charge in [0, 0.05) is 38.3 Å². The lowest BCUT2D eigenvalue weighted by atomic mass is 10.3. The smallest absolute Gasteiger partial charge is 0.260 e. The quantitative estimate of drug-likeness (QED) is 0.658. The first-order chi connectivity index (χ1) is 13.5. The summed E-state index contributed by atoms with van der Waals surface area (Å²) in [6, 6.07) is 9.90. The summed E-state index contributed by atoms with van der Waals surface area (Å²) < 4.78 is 10.7. The van der Waals surface area contributed by atoms with E-state index in [1.807, 2.05) is 0 Å². The molecule has 3 heterocycles. The Labute approximate surface area is 172 Å². The molecule has 2 aromatic heterocycles. The molecule has 0 radical (unpaired) electrons. The van der Waals surface area contributed by atoms with Crippen LogP contribution in [0.25, 0.3) is 0 Å². The minimum absolute atomic E-state index is 0.134. The van der Waals surface area contributed by atoms with Gasteiger partial charge in [0.25, 0.3) is 11.8 Å². The van der Waals surface area contributed by atoms with E-state index in [1.165, 1.54) is 0 Å². The molecule has 0 bridgehead atoms. The summed E-state index contributed by atoms with van der Waals surface area (Å²) in [6.45, 7) is 1.42. The zero-order valence-electron chi connectivity index (χ0n) is 14.9. The van der Waals surface area contributed by atoms with Crippen LogP contribution in [0, 0.1) is 0 Å². The number of halogens is 2. The van der Waals surface area contributed by atoms with Gasteiger partial charge in [0.15, 0.2) is 13.2 Å². The van der Waals surface area contributed by atoms with Gasteiger partial charge < -0.3 is 19.3 Å². The molecular weight excluding hydrogens is 407 g/mol. The fourth-order valence-electron chi connectivity index (χ4n) is 2.60. The van der Waals surface area contributed by atoms with Gasteiger partial charge >= 0.3 is 0 Å². The number of hydrogen-bond donors (Lipinski definition) is 0. The van der Waals surface area contributed by atoms with Crippen molar-refractivity contribution in [2.75, 3.05) is 39.4 Å². The number of amides is 2. The fraction of sp³-hybridized carbons (Fsp3) is 0.333. The number of ether oxygens (including phenoxy) is 2. The number of hydrogen-bond acceptors (Lipinski definition) is 6. The molecule has 0 saturated carbocycles. The van der Waals surface area contributed by atoms with Crippen molar-refractivity contribution >= 4 is 35.0 Å². The van der Waals surface area contributed by atoms with Crippen LogP contribution in [0.3, 0.4) is 0 Å². The van der Waals surface area contributed by atoms with Crippen molar-refractivity contribution in [3.05, 3.63) is 46.7 Å². The molecule has 0 atom stereocenters. The summed E-state index contributed by atoms with van der Waals surface area (Å²) >= 11 is 11.6. The van der Waals surface area contributed by atoms with Crippen molar-refractivity contribution in [1.82, 2.24) is 19.8 Å². The molecule has 2 aromatic rings. The minimum atomic E-state index is -0.173. The molecule has 0 aromatic carbocycles. The van der Waals surface area contributed by atoms with Crippen LogP contribution >= 0.6 is 23.2 Å². The van der Waals surface area contributed by atoms with Crippen LogP contribution in [0.5, 0.6) is 11.8 Å². The third kappa shape index (κ3) is 5.71. The molecular formula is C18H18Cl2N4O4. The van der Waals surface area contributed by atoms with Crippen molar-refractivity contribution in [3.8, 4) is 11.8 Å². The van der Waals surface area contributed by atoms with Gasteiger partial charge in [-0.15, -0.1) is 0 Å². The second-order valence-corrected chi connectivity index (χ2v) is 6.71. The van der Waals surface area contributed by atoms with E-state index >= 15 is 0 Å². The maximum Gasteiger partial charge on any atom is 0.260 e. The summed E-state index contributed by atoms with van der Waals surface area (Å²) in [5.74, 6) is 0.240. The number of pyridine rings is 2. The third-order valence-corrected chi connectivity index (χ3v) is 4.47. The van der Waals surface area contributed by atoms with Gasteiger partial charge in [-0.05, 0) is 12.1 Å². The monoisotopic (exact) mass is 424 g/mol. The van der Waals surface area contributed by atoms with Gasteiger partial charge in [0.05, 0.1) is 0 Å². The van der Waals surface area contributed by atoms with Crippen LogP contribution in [-0.2, 0) is 9.59 Å². The van der Waals surface area contributed by atoms with Gasteiger partial charge in [0.1, 0.15) is 10.3 Å². The molecule has 10 heteroatoms. The molecule has 2 amide bonds. The average Bonchev–Trinajstić information content (AvgIpc) is 2.70. The SMILES string of the molecule is O=C(COc1cccc(Cl)n1)N1CCN(C(=O)COc2cccc(Cl)n2)CC1. The highest BCUT2D eigenvalue weighted by atomic mass is 35.5. The molecule has 1 fully saturated rings. The Morgan fingerprint density at radius 3 is 1.54 bits per heavy atom. The lowest BCUT2D eigenvalue weighted by Crippen LogP contribution is -2.52. The highest BCUT2D eigenvalue weighted by Gasteiger charge is 2.24. The predicted molar refractivity (Wildman–Crippen MR) is 103 cm³/mol. The minimum Gasteiger partial charge on any atom is -0.468 e. The molecule has 1 aliphatic rings. The molecule has 1 saturated heterocycles. The zero-order valence-corrected chi connectivity index (χ0v) is 16.4. The lowest BCUT2D eigenvalue weighted by Gasteiger charge is -2.34. The molecule has 148 valence electrons. The Morgan fingerprint density at radius 2 is 1.18 bits per heavy atom. The number of nitrogens with zero attached hydrogens (tertiary/aromatic N) is 4. The number of carbonyl (C=O) groups is 2. The zero-order chi connectivity index (χ0) is 19.9. The van der Waals surface area contributed by atoms with E-state index in [1.54, 1.807) is 46.2 Å². The fourth-order valence-corrected chi connectivity index (χ4v) is 2.91. The average molecular weight is 425 g/mol. The van der Waals surface area contributed by atoms with E-state index in [0.717, 1.165) is 0 Å². The van der Waals surface area contributed by atoms with Gasteiger partial charge in [-0.2, -0.15) is 0 Å². The van der Waals surface area contributed by atoms with Gasteiger partial charge in [0.2, 0.25) is 11.8 Å². The Morgan fingerprint density at radius 1 is 0.786 bits per heavy atom. The van der Waals surface area contributed by atoms with Crippen molar-refractivity contribution in [3.63, 3.8) is 0 Å². The molecule has 28 heavy (non-hydrogen) atoms. The third-order valence-electron chi connectivity index (χ3n) is 4.05. The van der Waals surface area contributed by atoms with E-state index in [4.69, 9.17) is 32.7 Å². The summed E-state index contributed by atoms with van der Waals surface area (Å²) in [5, 5.41) is 0.597. The topological polar surface area (TPSA) is 84.9 Å². The maximum atomic E-state index is 12.3. The Bertz CT molecular complexity index is 774. The van der Waals surface area contributed by atoms with Crippen molar-refractivity contribution in [2.24, 2.45) is 0 Å². The summed E-state index contributed by atoms with van der Waals surface area (Å²) in [6.07, 6.45) is 0. The van der Waals surface area contributed by atoms with Crippen LogP contribution in [0.4, 0.5) is 0 Å². The number of carbonyl (C=O) groups excluding carboxylic acids is 2. The molecule has 0 N–H and O–H groups in total. The number of piperazine rings is 1. The predicted octanol–water partition coefficient (Wildman–Crippen LogP) is 1.91. The molecule has 0 spiro atoms. The van der Waals surface area contributed by atoms with Crippen LogP contribution in [0.1, 0.15) is 0 Å². The van der Waals surface area contributed by atoms with E-state index < -0.39 is 0 Å². The van der Waals surface area contributed by atoms with E-state index in [-0.39, 0.29) is 25.0 Å². The van der Waals surface area contributed by atoms with E-state index in [0.29, 0.717) is 48.2 Å². The van der Waals surface area contributed by atoms with Crippen molar-refractivity contribution < 1.29 is 19.1 Å². The maximum absolute atomic E-state index is 12.3. The van der Waals surface area contributed by atoms with E-state index in [9.17, 15) is 9.59 Å². The second kappa shape index (κ2) is 9.57. The first kappa shape index (κ1) is 20.2. The van der Waals surface area contributed by atoms with Crippen molar-refractivity contribution in [1.29, 1.82) is 0 Å². The highest BCUT2D eigenvalue weighted by Crippen LogP contribution is 2.13. The van der Waals surface area contributed by atoms with Gasteiger partial charge in [-0.25, -0.2) is 9.97 Å². The Hall–Kier alpha value is -2.58. The largest absolute Gasteiger partial charge is 0.468 e. The van der Waals surface area contributed by atoms with Gasteiger partial charge in [-0.1, -0.05) is 35.3 Å². The molecule has 0 unspecified atom stereocenters. The van der Waals surface area contributed by atoms with Crippen LogP contribution in [0.2, 0.25) is 10.3 Å². The summed E-state index contributed by atoms with van der Waals surface area (Å²) in [4.78, 5) is 35.8. The second-order valence-electron chi connectivity index (χ2n) is 5.94. The molecule has 0 aliphatic carbocycles. The number of rotatable bonds is 6. The number of aromatic nitrogens is 2. The normalized spacial score (nSPS) is 13.9. The first-order valence-corrected chi connectivity index (χ1v) is 9.33. The standard InChI is InChI=1S/C18H18Cl2N4O4/c19-13-3-1-5-15(21-13)27-11-17(25)23-7-9-24(10-8-23)18(26)12-28-16-6-2-4-14(20)22-16/h1-6H,7-12H2. The molecule has 1 aliphatic heterocycles. The van der Waals surface area contributed by atoms with E-state index in [2.05, 4.69) is 9.97 Å². The Kier molecular flexibility index (Phi) is 6.89. The molecule has 3 rings (SSSR count). The van der Waals surface area contributed by atoms with Crippen LogP contribution in [0.15, 0.2) is 36.4 Å². The van der Waals surface area contributed by atoms with Crippen LogP contribution < -0.4 is 9.47 Å². The lowest BCUT2D eigenvalue weighted by molar-refractivity contribution is -0.141. The summed E-state index contributed by atoms with van der Waals surface area (Å²) in [7, 11) is 0. The molecule has 8 nitrogen and oxygen atoms in total. The highest BCUT2D eigenvalue weighted by molar-refractivity contribution is 6.29.